The molecule has 76 valence electrons. The number of pyridine rings is 1. The van der Waals surface area contributed by atoms with Gasteiger partial charge >= 0.3 is 5.78 Å². The van der Waals surface area contributed by atoms with Crippen molar-refractivity contribution in [2.75, 3.05) is 0 Å². The van der Waals surface area contributed by atoms with Crippen LogP contribution in [0.1, 0.15) is 0 Å². The minimum atomic E-state index is 0.902. The lowest BCUT2D eigenvalue weighted by Gasteiger charge is -1.86. The van der Waals surface area contributed by atoms with E-state index in [1.165, 1.54) is 0 Å². The van der Waals surface area contributed by atoms with E-state index in [9.17, 15) is 0 Å². The Bertz CT molecular complexity index is 744. The van der Waals surface area contributed by atoms with E-state index in [0.717, 1.165) is 28.0 Å². The van der Waals surface area contributed by atoms with Gasteiger partial charge in [-0.25, -0.2) is 15.0 Å². The number of fused-ring (bicyclic) bond motifs is 5. The van der Waals surface area contributed by atoms with Gasteiger partial charge in [-0.15, -0.1) is 0 Å². The van der Waals surface area contributed by atoms with Crippen molar-refractivity contribution in [2.24, 2.45) is 0 Å². The molecule has 0 aliphatic heterocycles. The first-order valence-electron chi connectivity index (χ1n) is 5.19. The number of aromatic nitrogens is 4. The van der Waals surface area contributed by atoms with Gasteiger partial charge in [0.05, 0.1) is 0 Å². The first kappa shape index (κ1) is 7.87. The number of imidazole rings is 2. The molecule has 0 radical (unpaired) electrons. The molecule has 16 heavy (non-hydrogen) atoms. The summed E-state index contributed by atoms with van der Waals surface area (Å²) in [7, 11) is 0. The maximum absolute atomic E-state index is 4.30. The number of hydrogen-bond donors (Lipinski definition) is 2. The minimum Gasteiger partial charge on any atom is -0.241 e. The Morgan fingerprint density at radius 1 is 0.938 bits per heavy atom. The summed E-state index contributed by atoms with van der Waals surface area (Å²) in [6.45, 7) is 0. The quantitative estimate of drug-likeness (QED) is 0.426. The van der Waals surface area contributed by atoms with E-state index < -0.39 is 0 Å². The fraction of sp³-hybridized carbons (Fsp3) is 0. The first-order valence-corrected chi connectivity index (χ1v) is 5.19. The number of aromatic amines is 2. The second-order valence-corrected chi connectivity index (χ2v) is 3.82. The van der Waals surface area contributed by atoms with Crippen molar-refractivity contribution in [3.63, 3.8) is 0 Å². The number of hydrogen-bond acceptors (Lipinski definition) is 1. The number of nitrogens with zero attached hydrogens (tertiary/aromatic N) is 2. The van der Waals surface area contributed by atoms with Crippen LogP contribution in [0.3, 0.4) is 0 Å². The van der Waals surface area contributed by atoms with Gasteiger partial charge in [-0.1, -0.05) is 12.1 Å². The molecule has 0 aliphatic rings. The van der Waals surface area contributed by atoms with E-state index in [4.69, 9.17) is 0 Å². The third kappa shape index (κ3) is 0.839. The zero-order valence-corrected chi connectivity index (χ0v) is 8.44. The predicted molar refractivity (Wildman–Crippen MR) is 61.1 cm³/mol. The van der Waals surface area contributed by atoms with Crippen LogP contribution >= 0.6 is 0 Å². The molecule has 0 unspecified atom stereocenters. The predicted octanol–water partition coefficient (Wildman–Crippen LogP) is 1.78. The molecule has 3 heterocycles. The highest BCUT2D eigenvalue weighted by atomic mass is 15.1. The van der Waals surface area contributed by atoms with E-state index in [0.29, 0.717) is 0 Å². The summed E-state index contributed by atoms with van der Waals surface area (Å²) < 4.78 is 2.15. The highest BCUT2D eigenvalue weighted by Crippen LogP contribution is 2.13. The van der Waals surface area contributed by atoms with Crippen LogP contribution < -0.4 is 4.40 Å². The van der Waals surface area contributed by atoms with Crippen molar-refractivity contribution in [2.45, 2.75) is 0 Å². The largest absolute Gasteiger partial charge is 0.367 e. The van der Waals surface area contributed by atoms with Gasteiger partial charge in [-0.05, 0) is 24.3 Å². The average Bonchev–Trinajstić information content (AvgIpc) is 2.83. The number of benzene rings is 1. The molecule has 0 aliphatic carbocycles. The summed E-state index contributed by atoms with van der Waals surface area (Å²) in [4.78, 5) is 10.9. The van der Waals surface area contributed by atoms with Gasteiger partial charge in [-0.2, -0.15) is 4.40 Å². The lowest BCUT2D eigenvalue weighted by molar-refractivity contribution is -0.449. The standard InChI is InChI=1S/C12H8N4/c1-2-5-9-8(4-1)14-12-15-11-10(16(9)12)6-3-7-13-11/h1-7H,(H,13,14,15)/p+1. The molecule has 4 rings (SSSR count). The summed E-state index contributed by atoms with van der Waals surface area (Å²) in [5.41, 5.74) is 4.28. The molecule has 3 aromatic heterocycles. The molecule has 4 nitrogen and oxygen atoms in total. The number of H-pyrrole nitrogens is 2. The Kier molecular flexibility index (Phi) is 1.28. The van der Waals surface area contributed by atoms with E-state index in [2.05, 4.69) is 37.6 Å². The number of nitrogens with one attached hydrogen (secondary N) is 2. The van der Waals surface area contributed by atoms with E-state index in [-0.39, 0.29) is 0 Å². The number of para-hydroxylation sites is 2. The van der Waals surface area contributed by atoms with Crippen molar-refractivity contribution < 1.29 is 4.40 Å². The molecule has 1 aromatic carbocycles. The molecule has 0 amide bonds. The Labute approximate surface area is 90.6 Å². The summed E-state index contributed by atoms with van der Waals surface area (Å²) >= 11 is 0. The summed E-state index contributed by atoms with van der Waals surface area (Å²) in [6.07, 6.45) is 1.79. The van der Waals surface area contributed by atoms with Crippen LogP contribution in [0.25, 0.3) is 28.0 Å². The van der Waals surface area contributed by atoms with Gasteiger partial charge in [0.2, 0.25) is 5.65 Å². The molecular formula is C12H9N4+. The van der Waals surface area contributed by atoms with Crippen LogP contribution in [0.15, 0.2) is 42.6 Å². The fourth-order valence-electron chi connectivity index (χ4n) is 2.20. The SMILES string of the molecule is c1ccc2c(c1)[nH]c1[nH]c3ncccc3[n+]12. The molecule has 0 saturated heterocycles. The molecule has 4 heteroatoms. The highest BCUT2D eigenvalue weighted by Gasteiger charge is 2.16. The van der Waals surface area contributed by atoms with Crippen LogP contribution in [0.2, 0.25) is 0 Å². The molecule has 4 aromatic rings. The average molecular weight is 209 g/mol. The summed E-state index contributed by atoms with van der Waals surface area (Å²) in [6, 6.07) is 12.2. The lowest BCUT2D eigenvalue weighted by atomic mass is 10.3. The van der Waals surface area contributed by atoms with E-state index >= 15 is 0 Å². The smallest absolute Gasteiger partial charge is 0.241 e. The number of rotatable bonds is 0. The van der Waals surface area contributed by atoms with Crippen LogP contribution in [-0.4, -0.2) is 15.0 Å². The van der Waals surface area contributed by atoms with Crippen molar-refractivity contribution in [1.82, 2.24) is 15.0 Å². The first-order chi connectivity index (χ1) is 7.93. The maximum Gasteiger partial charge on any atom is 0.367 e. The molecule has 2 N–H and O–H groups in total. The van der Waals surface area contributed by atoms with Crippen molar-refractivity contribution in [1.29, 1.82) is 0 Å². The zero-order valence-electron chi connectivity index (χ0n) is 8.44. The van der Waals surface area contributed by atoms with Crippen LogP contribution in [0.5, 0.6) is 0 Å². The molecule has 0 atom stereocenters. The third-order valence-electron chi connectivity index (χ3n) is 2.89. The molecule has 0 spiro atoms. The molecule has 0 saturated carbocycles. The molecule has 0 fully saturated rings. The Balaban J connectivity index is 2.38. The zero-order chi connectivity index (χ0) is 10.5. The highest BCUT2D eigenvalue weighted by molar-refractivity contribution is 5.78. The van der Waals surface area contributed by atoms with Gasteiger partial charge < -0.3 is 0 Å². The Morgan fingerprint density at radius 2 is 1.81 bits per heavy atom. The molecular weight excluding hydrogens is 200 g/mol. The topological polar surface area (TPSA) is 48.6 Å². The maximum atomic E-state index is 4.30. The normalized spacial score (nSPS) is 11.8. The van der Waals surface area contributed by atoms with E-state index in [1.807, 2.05) is 18.2 Å². The van der Waals surface area contributed by atoms with Gasteiger partial charge in [0, 0.05) is 6.20 Å². The van der Waals surface area contributed by atoms with Gasteiger partial charge in [-0.3, -0.25) is 0 Å². The van der Waals surface area contributed by atoms with Gasteiger partial charge in [0.15, 0.2) is 5.52 Å². The third-order valence-corrected chi connectivity index (χ3v) is 2.89. The van der Waals surface area contributed by atoms with E-state index in [1.54, 1.807) is 6.20 Å². The Morgan fingerprint density at radius 3 is 2.81 bits per heavy atom. The summed E-state index contributed by atoms with van der Waals surface area (Å²) in [5, 5.41) is 0. The molecule has 0 bridgehead atoms. The fourth-order valence-corrected chi connectivity index (χ4v) is 2.20. The summed E-state index contributed by atoms with van der Waals surface area (Å²) in [5.74, 6) is 0.968. The minimum absolute atomic E-state index is 0.902. The monoisotopic (exact) mass is 209 g/mol. The van der Waals surface area contributed by atoms with Crippen LogP contribution in [-0.2, 0) is 0 Å². The second kappa shape index (κ2) is 2.61. The van der Waals surface area contributed by atoms with Crippen molar-refractivity contribution in [3.8, 4) is 0 Å². The van der Waals surface area contributed by atoms with Crippen LogP contribution in [0, 0.1) is 0 Å². The Hall–Kier alpha value is -2.36. The lowest BCUT2D eigenvalue weighted by Crippen LogP contribution is -2.17. The van der Waals surface area contributed by atoms with Crippen molar-refractivity contribution >= 4 is 28.0 Å². The van der Waals surface area contributed by atoms with Gasteiger partial charge in [0.1, 0.15) is 11.0 Å². The van der Waals surface area contributed by atoms with Crippen molar-refractivity contribution in [3.05, 3.63) is 42.6 Å². The van der Waals surface area contributed by atoms with Crippen LogP contribution in [0.4, 0.5) is 0 Å². The van der Waals surface area contributed by atoms with Gasteiger partial charge in [0.25, 0.3) is 0 Å². The second-order valence-electron chi connectivity index (χ2n) is 3.82.